The number of carboxylic acid groups (broad SMARTS) is 1. The molecular formula is C15H17F3N4O2S2. The standard InChI is InChI=1S/C13H16N4S2.C2HF3O2/c1-2-10(18-7-1)8-16-5-3-12-11(16)4-6-17(12)13-15-14-9-19-13;3-2(4,5)1(6)7/h1-2,7,9,11-12H,3-6,8H2;(H,6,7)/t11-,12+;/m1./s1. The zero-order valence-corrected chi connectivity index (χ0v) is 15.2. The summed E-state index contributed by atoms with van der Waals surface area (Å²) < 4.78 is 31.7. The molecule has 11 heteroatoms. The lowest BCUT2D eigenvalue weighted by molar-refractivity contribution is -0.192. The Morgan fingerprint density at radius 1 is 1.27 bits per heavy atom. The number of carbonyl (C=O) groups is 1. The summed E-state index contributed by atoms with van der Waals surface area (Å²) in [5, 5.41) is 18.6. The molecule has 0 radical (unpaired) electrons. The Hall–Kier alpha value is -1.72. The molecule has 0 aliphatic carbocycles. The second kappa shape index (κ2) is 7.89. The fourth-order valence-corrected chi connectivity index (χ4v) is 4.78. The lowest BCUT2D eigenvalue weighted by Gasteiger charge is -2.24. The summed E-state index contributed by atoms with van der Waals surface area (Å²) in [6.45, 7) is 3.46. The van der Waals surface area contributed by atoms with Gasteiger partial charge in [-0.05, 0) is 24.3 Å². The predicted molar refractivity (Wildman–Crippen MR) is 92.5 cm³/mol. The number of fused-ring (bicyclic) bond motifs is 1. The van der Waals surface area contributed by atoms with Gasteiger partial charge in [0.2, 0.25) is 5.13 Å². The van der Waals surface area contributed by atoms with Crippen molar-refractivity contribution < 1.29 is 23.1 Å². The van der Waals surface area contributed by atoms with Crippen LogP contribution in [0.5, 0.6) is 0 Å². The lowest BCUT2D eigenvalue weighted by Crippen LogP contribution is -2.36. The molecule has 4 heterocycles. The minimum Gasteiger partial charge on any atom is -0.475 e. The van der Waals surface area contributed by atoms with Gasteiger partial charge in [0.1, 0.15) is 5.51 Å². The summed E-state index contributed by atoms with van der Waals surface area (Å²) in [6, 6.07) is 5.74. The van der Waals surface area contributed by atoms with Crippen molar-refractivity contribution in [3.63, 3.8) is 0 Å². The van der Waals surface area contributed by atoms with Crippen LogP contribution in [0.3, 0.4) is 0 Å². The molecule has 0 bridgehead atoms. The quantitative estimate of drug-likeness (QED) is 0.845. The molecule has 2 fully saturated rings. The van der Waals surface area contributed by atoms with Crippen molar-refractivity contribution in [2.75, 3.05) is 18.0 Å². The highest BCUT2D eigenvalue weighted by Gasteiger charge is 2.43. The number of hydrogen-bond acceptors (Lipinski definition) is 7. The fourth-order valence-electron chi connectivity index (χ4n) is 3.40. The first-order chi connectivity index (χ1) is 12.4. The SMILES string of the molecule is O=C(O)C(F)(F)F.c1csc(CN2CC[C@H]3[C@H]2CCN3c2nncs2)c1. The zero-order chi connectivity index (χ0) is 18.7. The van der Waals surface area contributed by atoms with Crippen LogP contribution in [0.2, 0.25) is 0 Å². The monoisotopic (exact) mass is 406 g/mol. The maximum Gasteiger partial charge on any atom is 0.490 e. The average Bonchev–Trinajstić information content (AvgIpc) is 3.34. The van der Waals surface area contributed by atoms with E-state index in [1.165, 1.54) is 24.3 Å². The minimum atomic E-state index is -5.08. The van der Waals surface area contributed by atoms with Gasteiger partial charge in [-0.3, -0.25) is 4.90 Å². The first-order valence-corrected chi connectivity index (χ1v) is 9.71. The van der Waals surface area contributed by atoms with E-state index in [1.54, 1.807) is 11.3 Å². The van der Waals surface area contributed by atoms with Crippen molar-refractivity contribution in [1.29, 1.82) is 0 Å². The van der Waals surface area contributed by atoms with Gasteiger partial charge in [-0.1, -0.05) is 17.4 Å². The van der Waals surface area contributed by atoms with Gasteiger partial charge in [0.05, 0.1) is 0 Å². The summed E-state index contributed by atoms with van der Waals surface area (Å²) in [6.07, 6.45) is -2.56. The van der Waals surface area contributed by atoms with Crippen LogP contribution in [0, 0.1) is 0 Å². The minimum absolute atomic E-state index is 0.646. The molecule has 2 atom stereocenters. The van der Waals surface area contributed by atoms with E-state index in [0.29, 0.717) is 12.1 Å². The second-order valence-corrected chi connectivity index (χ2v) is 7.82. The van der Waals surface area contributed by atoms with Gasteiger partial charge < -0.3 is 10.0 Å². The van der Waals surface area contributed by atoms with E-state index in [1.807, 2.05) is 16.8 Å². The number of rotatable bonds is 3. The number of anilines is 1. The molecule has 6 nitrogen and oxygen atoms in total. The van der Waals surface area contributed by atoms with Gasteiger partial charge in [0.25, 0.3) is 0 Å². The summed E-state index contributed by atoms with van der Waals surface area (Å²) in [5.41, 5.74) is 1.83. The van der Waals surface area contributed by atoms with Crippen molar-refractivity contribution in [2.45, 2.75) is 37.6 Å². The molecule has 0 amide bonds. The van der Waals surface area contributed by atoms with Gasteiger partial charge in [-0.2, -0.15) is 13.2 Å². The molecule has 142 valence electrons. The number of nitrogens with zero attached hydrogens (tertiary/aromatic N) is 4. The van der Waals surface area contributed by atoms with E-state index in [2.05, 4.69) is 37.5 Å². The van der Waals surface area contributed by atoms with Crippen molar-refractivity contribution in [1.82, 2.24) is 15.1 Å². The lowest BCUT2D eigenvalue weighted by atomic mass is 10.1. The highest BCUT2D eigenvalue weighted by Crippen LogP contribution is 2.36. The first kappa shape index (κ1) is 19.1. The van der Waals surface area contributed by atoms with E-state index in [-0.39, 0.29) is 0 Å². The Morgan fingerprint density at radius 2 is 2.00 bits per heavy atom. The Bertz CT molecular complexity index is 709. The largest absolute Gasteiger partial charge is 0.490 e. The molecule has 2 saturated heterocycles. The van der Waals surface area contributed by atoms with Gasteiger partial charge in [0, 0.05) is 36.6 Å². The first-order valence-electron chi connectivity index (χ1n) is 7.95. The molecule has 0 saturated carbocycles. The average molecular weight is 406 g/mol. The highest BCUT2D eigenvalue weighted by atomic mass is 32.1. The molecule has 26 heavy (non-hydrogen) atoms. The number of aromatic nitrogens is 2. The molecule has 2 aromatic rings. The molecule has 0 spiro atoms. The third kappa shape index (κ3) is 4.33. The Kier molecular flexibility index (Phi) is 5.78. The predicted octanol–water partition coefficient (Wildman–Crippen LogP) is 3.09. The number of halogens is 3. The van der Waals surface area contributed by atoms with E-state index in [0.717, 1.165) is 18.2 Å². The molecule has 2 aliphatic heterocycles. The van der Waals surface area contributed by atoms with E-state index in [4.69, 9.17) is 9.90 Å². The molecule has 0 unspecified atom stereocenters. The summed E-state index contributed by atoms with van der Waals surface area (Å²) in [5.74, 6) is -2.76. The van der Waals surface area contributed by atoms with Crippen molar-refractivity contribution in [2.24, 2.45) is 0 Å². The maximum atomic E-state index is 10.6. The summed E-state index contributed by atoms with van der Waals surface area (Å²) >= 11 is 3.53. The van der Waals surface area contributed by atoms with Crippen LogP contribution in [-0.2, 0) is 11.3 Å². The molecule has 2 aliphatic rings. The summed E-state index contributed by atoms with van der Waals surface area (Å²) in [4.78, 5) is 15.5. The molecule has 2 aromatic heterocycles. The smallest absolute Gasteiger partial charge is 0.475 e. The van der Waals surface area contributed by atoms with Crippen molar-refractivity contribution >= 4 is 33.8 Å². The topological polar surface area (TPSA) is 69.6 Å². The zero-order valence-electron chi connectivity index (χ0n) is 13.6. The number of likely N-dealkylation sites (tertiary alicyclic amines) is 1. The highest BCUT2D eigenvalue weighted by molar-refractivity contribution is 7.13. The third-order valence-electron chi connectivity index (χ3n) is 4.47. The van der Waals surface area contributed by atoms with Gasteiger partial charge >= 0.3 is 12.1 Å². The normalized spacial score (nSPS) is 22.8. The van der Waals surface area contributed by atoms with Crippen molar-refractivity contribution in [3.05, 3.63) is 27.9 Å². The number of thiophene rings is 1. The van der Waals surface area contributed by atoms with Crippen LogP contribution < -0.4 is 4.90 Å². The third-order valence-corrected chi connectivity index (χ3v) is 6.05. The number of alkyl halides is 3. The fraction of sp³-hybridized carbons (Fsp3) is 0.533. The van der Waals surface area contributed by atoms with Crippen LogP contribution in [0.1, 0.15) is 17.7 Å². The molecule has 0 aromatic carbocycles. The Balaban J connectivity index is 0.000000242. The number of carboxylic acids is 1. The van der Waals surface area contributed by atoms with E-state index >= 15 is 0 Å². The number of hydrogen-bond donors (Lipinski definition) is 1. The van der Waals surface area contributed by atoms with Crippen LogP contribution >= 0.6 is 22.7 Å². The second-order valence-electron chi connectivity index (χ2n) is 5.98. The molecule has 4 rings (SSSR count). The van der Waals surface area contributed by atoms with Crippen LogP contribution in [0.25, 0.3) is 0 Å². The van der Waals surface area contributed by atoms with Gasteiger partial charge in [0.15, 0.2) is 0 Å². The van der Waals surface area contributed by atoms with E-state index < -0.39 is 12.1 Å². The van der Waals surface area contributed by atoms with Gasteiger partial charge in [-0.25, -0.2) is 4.79 Å². The Labute approximate surface area is 155 Å². The molecule has 1 N–H and O–H groups in total. The van der Waals surface area contributed by atoms with Crippen LogP contribution in [0.4, 0.5) is 18.3 Å². The molecular weight excluding hydrogens is 389 g/mol. The number of aliphatic carboxylic acids is 1. The van der Waals surface area contributed by atoms with Crippen LogP contribution in [-0.4, -0.2) is 57.5 Å². The summed E-state index contributed by atoms with van der Waals surface area (Å²) in [7, 11) is 0. The Morgan fingerprint density at radius 3 is 2.58 bits per heavy atom. The maximum absolute atomic E-state index is 10.6. The van der Waals surface area contributed by atoms with Crippen LogP contribution in [0.15, 0.2) is 23.0 Å². The van der Waals surface area contributed by atoms with Gasteiger partial charge in [-0.15, -0.1) is 21.5 Å². The van der Waals surface area contributed by atoms with E-state index in [9.17, 15) is 13.2 Å². The van der Waals surface area contributed by atoms with Crippen molar-refractivity contribution in [3.8, 4) is 0 Å².